The molecule has 0 unspecified atom stereocenters. The van der Waals surface area contributed by atoms with Crippen molar-refractivity contribution in [3.05, 3.63) is 80.2 Å². The molecule has 0 saturated heterocycles. The summed E-state index contributed by atoms with van der Waals surface area (Å²) in [7, 11) is 0. The highest BCUT2D eigenvalue weighted by molar-refractivity contribution is 5.44. The Bertz CT molecular complexity index is 885. The lowest BCUT2D eigenvalue weighted by molar-refractivity contribution is -0.385. The maximum Gasteiger partial charge on any atom is 0.269 e. The maximum absolute atomic E-state index is 10.7. The van der Waals surface area contributed by atoms with Crippen LogP contribution in [0.25, 0.3) is 0 Å². The van der Waals surface area contributed by atoms with Gasteiger partial charge in [-0.3, -0.25) is 20.2 Å². The number of benzene rings is 2. The quantitative estimate of drug-likeness (QED) is 0.337. The summed E-state index contributed by atoms with van der Waals surface area (Å²) in [6.45, 7) is 0. The van der Waals surface area contributed by atoms with E-state index in [0.29, 0.717) is 24.2 Å². The second-order valence-corrected chi connectivity index (χ2v) is 6.05. The van der Waals surface area contributed by atoms with Crippen molar-refractivity contribution >= 4 is 22.7 Å². The first-order valence-electron chi connectivity index (χ1n) is 8.57. The van der Waals surface area contributed by atoms with Gasteiger partial charge in [-0.05, 0) is 49.9 Å². The molecule has 2 aromatic rings. The fourth-order valence-electron chi connectivity index (χ4n) is 2.61. The number of azo groups is 2. The second kappa shape index (κ2) is 8.71. The average Bonchev–Trinajstić information content (AvgIpc) is 2.72. The van der Waals surface area contributed by atoms with Crippen LogP contribution >= 0.6 is 0 Å². The highest BCUT2D eigenvalue weighted by Gasteiger charge is 2.13. The minimum absolute atomic E-state index is 0.00609. The molecular formula is C18H16N6O4. The Morgan fingerprint density at radius 3 is 1.29 bits per heavy atom. The van der Waals surface area contributed by atoms with Gasteiger partial charge in [0.05, 0.1) is 32.6 Å². The molecule has 2 aromatic carbocycles. The van der Waals surface area contributed by atoms with Crippen LogP contribution in [0.3, 0.4) is 0 Å². The van der Waals surface area contributed by atoms with Crippen LogP contribution in [0.4, 0.5) is 22.7 Å². The zero-order chi connectivity index (χ0) is 19.9. The smallest absolute Gasteiger partial charge is 0.258 e. The molecule has 142 valence electrons. The van der Waals surface area contributed by atoms with E-state index in [1.807, 2.05) is 0 Å². The largest absolute Gasteiger partial charge is 0.269 e. The Morgan fingerprint density at radius 2 is 0.964 bits per heavy atom. The van der Waals surface area contributed by atoms with Crippen LogP contribution in [-0.2, 0) is 0 Å². The first-order valence-corrected chi connectivity index (χ1v) is 8.57. The third kappa shape index (κ3) is 4.87. The lowest BCUT2D eigenvalue weighted by Gasteiger charge is -2.11. The Hall–Kier alpha value is -3.82. The fraction of sp³-hybridized carbons (Fsp3) is 0.222. The van der Waals surface area contributed by atoms with E-state index in [0.717, 1.165) is 24.2 Å². The highest BCUT2D eigenvalue weighted by Crippen LogP contribution is 2.29. The summed E-state index contributed by atoms with van der Waals surface area (Å²) in [5, 5.41) is 38.1. The van der Waals surface area contributed by atoms with Crippen LogP contribution in [-0.4, -0.2) is 9.85 Å². The lowest BCUT2D eigenvalue weighted by atomic mass is 10.0. The number of hydrogen-bond acceptors (Lipinski definition) is 8. The second-order valence-electron chi connectivity index (χ2n) is 6.05. The van der Waals surface area contributed by atoms with Crippen LogP contribution in [0.1, 0.15) is 25.7 Å². The molecule has 3 rings (SSSR count). The topological polar surface area (TPSA) is 136 Å². The molecule has 0 spiro atoms. The molecule has 0 aromatic heterocycles. The third-order valence-corrected chi connectivity index (χ3v) is 4.10. The molecule has 0 saturated carbocycles. The fourth-order valence-corrected chi connectivity index (χ4v) is 2.61. The van der Waals surface area contributed by atoms with E-state index in [-0.39, 0.29) is 11.4 Å². The normalized spacial score (nSPS) is 14.7. The highest BCUT2D eigenvalue weighted by atomic mass is 16.6. The molecule has 0 N–H and O–H groups in total. The van der Waals surface area contributed by atoms with Gasteiger partial charge in [-0.2, -0.15) is 20.5 Å². The van der Waals surface area contributed by atoms with Crippen molar-refractivity contribution in [2.45, 2.75) is 25.7 Å². The molecule has 1 aliphatic rings. The number of non-ortho nitro benzene ring substituents is 2. The van der Waals surface area contributed by atoms with Crippen LogP contribution in [0, 0.1) is 20.2 Å². The minimum atomic E-state index is -0.471. The zero-order valence-electron chi connectivity index (χ0n) is 14.8. The SMILES string of the molecule is O=[N+]([O-])c1ccc(N=NC2=C(N=Nc3ccc([N+](=O)[O-])cc3)CCCC2)cc1. The maximum atomic E-state index is 10.7. The van der Waals surface area contributed by atoms with E-state index in [1.54, 1.807) is 0 Å². The van der Waals surface area contributed by atoms with Crippen molar-refractivity contribution in [3.8, 4) is 0 Å². The van der Waals surface area contributed by atoms with Gasteiger partial charge in [0.2, 0.25) is 0 Å². The Morgan fingerprint density at radius 1 is 0.607 bits per heavy atom. The average molecular weight is 380 g/mol. The summed E-state index contributed by atoms with van der Waals surface area (Å²) in [4.78, 5) is 20.4. The molecule has 1 aliphatic carbocycles. The van der Waals surface area contributed by atoms with Gasteiger partial charge in [-0.1, -0.05) is 0 Å². The predicted octanol–water partition coefficient (Wildman–Crippen LogP) is 6.16. The number of allylic oxidation sites excluding steroid dienone is 2. The monoisotopic (exact) mass is 380 g/mol. The van der Waals surface area contributed by atoms with E-state index in [1.165, 1.54) is 48.5 Å². The Labute approximate surface area is 159 Å². The van der Waals surface area contributed by atoms with E-state index in [4.69, 9.17) is 0 Å². The van der Waals surface area contributed by atoms with E-state index in [2.05, 4.69) is 20.5 Å². The summed E-state index contributed by atoms with van der Waals surface area (Å²) in [6.07, 6.45) is 3.35. The van der Waals surface area contributed by atoms with Crippen molar-refractivity contribution < 1.29 is 9.85 Å². The molecule has 0 aliphatic heterocycles. The molecule has 0 bridgehead atoms. The number of hydrogen-bond donors (Lipinski definition) is 0. The Kier molecular flexibility index (Phi) is 5.90. The van der Waals surface area contributed by atoms with Crippen LogP contribution < -0.4 is 0 Å². The van der Waals surface area contributed by atoms with Crippen LogP contribution in [0.5, 0.6) is 0 Å². The van der Waals surface area contributed by atoms with E-state index in [9.17, 15) is 20.2 Å². The number of nitrogens with zero attached hydrogens (tertiary/aromatic N) is 6. The molecule has 0 radical (unpaired) electrons. The summed E-state index contributed by atoms with van der Waals surface area (Å²) in [5.74, 6) is 0. The van der Waals surface area contributed by atoms with Crippen molar-refractivity contribution in [1.29, 1.82) is 0 Å². The molecule has 10 heteroatoms. The van der Waals surface area contributed by atoms with Gasteiger partial charge >= 0.3 is 0 Å². The first kappa shape index (κ1) is 19.0. The summed E-state index contributed by atoms with van der Waals surface area (Å²) < 4.78 is 0. The third-order valence-electron chi connectivity index (χ3n) is 4.10. The molecular weight excluding hydrogens is 364 g/mol. The van der Waals surface area contributed by atoms with Gasteiger partial charge in [-0.15, -0.1) is 0 Å². The van der Waals surface area contributed by atoms with Gasteiger partial charge in [0.15, 0.2) is 0 Å². The number of nitro benzene ring substituents is 2. The van der Waals surface area contributed by atoms with Gasteiger partial charge in [-0.25, -0.2) is 0 Å². The standard InChI is InChI=1S/C18H16N6O4/c25-23(26)15-9-5-13(6-10-15)19-21-17-3-1-2-4-18(17)22-20-14-7-11-16(12-8-14)24(27)28/h5-12H,1-4H2. The van der Waals surface area contributed by atoms with Crippen molar-refractivity contribution in [2.75, 3.05) is 0 Å². The van der Waals surface area contributed by atoms with E-state index >= 15 is 0 Å². The summed E-state index contributed by atoms with van der Waals surface area (Å²) in [6, 6.07) is 11.6. The summed E-state index contributed by atoms with van der Waals surface area (Å²) >= 11 is 0. The van der Waals surface area contributed by atoms with Gasteiger partial charge in [0, 0.05) is 24.3 Å². The van der Waals surface area contributed by atoms with Crippen molar-refractivity contribution in [3.63, 3.8) is 0 Å². The van der Waals surface area contributed by atoms with Crippen LogP contribution in [0.15, 0.2) is 80.4 Å². The molecule has 0 amide bonds. The summed E-state index contributed by atoms with van der Waals surface area (Å²) in [5.41, 5.74) is 2.44. The van der Waals surface area contributed by atoms with Crippen molar-refractivity contribution in [2.24, 2.45) is 20.5 Å². The van der Waals surface area contributed by atoms with Crippen molar-refractivity contribution in [1.82, 2.24) is 0 Å². The van der Waals surface area contributed by atoms with Crippen LogP contribution in [0.2, 0.25) is 0 Å². The predicted molar refractivity (Wildman–Crippen MR) is 101 cm³/mol. The van der Waals surface area contributed by atoms with E-state index < -0.39 is 9.85 Å². The molecule has 0 atom stereocenters. The molecule has 28 heavy (non-hydrogen) atoms. The molecule has 0 heterocycles. The Balaban J connectivity index is 1.77. The van der Waals surface area contributed by atoms with Gasteiger partial charge < -0.3 is 0 Å². The van der Waals surface area contributed by atoms with Gasteiger partial charge in [0.25, 0.3) is 11.4 Å². The molecule has 0 fully saturated rings. The zero-order valence-corrected chi connectivity index (χ0v) is 14.8. The van der Waals surface area contributed by atoms with Gasteiger partial charge in [0.1, 0.15) is 0 Å². The lowest BCUT2D eigenvalue weighted by Crippen LogP contribution is -1.95. The number of nitro groups is 2. The molecule has 10 nitrogen and oxygen atoms in total. The first-order chi connectivity index (χ1) is 13.5. The minimum Gasteiger partial charge on any atom is -0.258 e. The number of rotatable bonds is 6.